The van der Waals surface area contributed by atoms with Gasteiger partial charge in [-0.25, -0.2) is 0 Å². The van der Waals surface area contributed by atoms with Gasteiger partial charge in [-0.05, 0) is 74.2 Å². The number of nitrogens with zero attached hydrogens (tertiary/aromatic N) is 1. The van der Waals surface area contributed by atoms with Crippen LogP contribution in [0.4, 0.5) is 5.69 Å². The van der Waals surface area contributed by atoms with Crippen LogP contribution in [-0.4, -0.2) is 46.0 Å². The Kier molecular flexibility index (Phi) is 6.22. The van der Waals surface area contributed by atoms with Crippen molar-refractivity contribution in [3.05, 3.63) is 48.0 Å². The molecule has 5 heteroatoms. The first-order valence-corrected chi connectivity index (χ1v) is 10.3. The van der Waals surface area contributed by atoms with E-state index in [1.807, 2.05) is 18.2 Å². The minimum absolute atomic E-state index is 0.620. The number of nitrogens with one attached hydrogen (secondary N) is 1. The van der Waals surface area contributed by atoms with Crippen LogP contribution in [0, 0.1) is 0 Å². The van der Waals surface area contributed by atoms with E-state index in [1.165, 1.54) is 24.1 Å². The van der Waals surface area contributed by atoms with Crippen LogP contribution in [0.3, 0.4) is 0 Å². The molecule has 2 aliphatic heterocycles. The minimum atomic E-state index is 0.620. The molecule has 4 rings (SSSR count). The summed E-state index contributed by atoms with van der Waals surface area (Å²) in [6.45, 7) is 4.56. The van der Waals surface area contributed by atoms with Crippen LogP contribution in [0.25, 0.3) is 0 Å². The third kappa shape index (κ3) is 4.71. The van der Waals surface area contributed by atoms with Crippen LogP contribution in [-0.2, 0) is 6.42 Å². The maximum Gasteiger partial charge on any atom is 0.161 e. The third-order valence-electron chi connectivity index (χ3n) is 5.61. The molecule has 2 aromatic rings. The zero-order valence-electron chi connectivity index (χ0n) is 16.7. The van der Waals surface area contributed by atoms with Gasteiger partial charge in [-0.2, -0.15) is 0 Å². The molecular formula is C23H30N2O3. The van der Waals surface area contributed by atoms with Gasteiger partial charge in [0.2, 0.25) is 0 Å². The van der Waals surface area contributed by atoms with Gasteiger partial charge in [0.15, 0.2) is 11.5 Å². The number of methoxy groups -OCH3 is 1. The highest BCUT2D eigenvalue weighted by Gasteiger charge is 2.19. The lowest BCUT2D eigenvalue weighted by Gasteiger charge is -2.34. The van der Waals surface area contributed by atoms with Gasteiger partial charge in [0, 0.05) is 24.8 Å². The average molecular weight is 383 g/mol. The van der Waals surface area contributed by atoms with Crippen LogP contribution in [0.1, 0.15) is 24.8 Å². The van der Waals surface area contributed by atoms with E-state index >= 15 is 0 Å². The number of piperidine rings is 1. The molecule has 0 bridgehead atoms. The number of aryl methyl sites for hydroxylation is 1. The number of hydrogen-bond donors (Lipinski definition) is 1. The predicted octanol–water partition coefficient (Wildman–Crippen LogP) is 3.66. The highest BCUT2D eigenvalue weighted by atomic mass is 16.6. The van der Waals surface area contributed by atoms with Crippen molar-refractivity contribution in [2.45, 2.75) is 31.7 Å². The molecule has 150 valence electrons. The summed E-state index contributed by atoms with van der Waals surface area (Å²) in [6.07, 6.45) is 4.58. The first kappa shape index (κ1) is 18.9. The van der Waals surface area contributed by atoms with E-state index in [0.29, 0.717) is 19.3 Å². The lowest BCUT2D eigenvalue weighted by atomic mass is 10.0. The molecule has 1 saturated heterocycles. The highest BCUT2D eigenvalue weighted by Crippen LogP contribution is 2.31. The summed E-state index contributed by atoms with van der Waals surface area (Å²) >= 11 is 0. The number of ether oxygens (including phenoxy) is 3. The Balaban J connectivity index is 1.16. The largest absolute Gasteiger partial charge is 0.497 e. The Hall–Kier alpha value is -2.40. The molecule has 2 aliphatic rings. The van der Waals surface area contributed by atoms with Gasteiger partial charge in [-0.1, -0.05) is 6.07 Å². The second-order valence-electron chi connectivity index (χ2n) is 7.50. The summed E-state index contributed by atoms with van der Waals surface area (Å²) in [5.41, 5.74) is 2.61. The van der Waals surface area contributed by atoms with Gasteiger partial charge in [-0.3, -0.25) is 0 Å². The van der Waals surface area contributed by atoms with Gasteiger partial charge in [0.05, 0.1) is 7.11 Å². The molecule has 0 spiro atoms. The van der Waals surface area contributed by atoms with Crippen LogP contribution in [0.5, 0.6) is 17.2 Å². The molecular weight excluding hydrogens is 352 g/mol. The van der Waals surface area contributed by atoms with Gasteiger partial charge < -0.3 is 24.4 Å². The minimum Gasteiger partial charge on any atom is -0.497 e. The summed E-state index contributed by atoms with van der Waals surface area (Å²) in [4.78, 5) is 2.47. The van der Waals surface area contributed by atoms with Crippen molar-refractivity contribution < 1.29 is 14.2 Å². The molecule has 0 atom stereocenters. The van der Waals surface area contributed by atoms with E-state index < -0.39 is 0 Å². The SMILES string of the molecule is COc1ccc(N2CCC(NCCCc3ccc4c(c3)OCCO4)CC2)cc1. The van der Waals surface area contributed by atoms with Crippen molar-refractivity contribution in [2.24, 2.45) is 0 Å². The van der Waals surface area contributed by atoms with Gasteiger partial charge in [0.1, 0.15) is 19.0 Å². The van der Waals surface area contributed by atoms with Crippen LogP contribution in [0.15, 0.2) is 42.5 Å². The first-order chi connectivity index (χ1) is 13.8. The number of rotatable bonds is 7. The molecule has 0 aliphatic carbocycles. The van der Waals surface area contributed by atoms with Gasteiger partial charge in [-0.15, -0.1) is 0 Å². The van der Waals surface area contributed by atoms with Crippen molar-refractivity contribution in [1.29, 1.82) is 0 Å². The topological polar surface area (TPSA) is 43.0 Å². The lowest BCUT2D eigenvalue weighted by Crippen LogP contribution is -2.42. The van der Waals surface area contributed by atoms with E-state index in [9.17, 15) is 0 Å². The summed E-state index contributed by atoms with van der Waals surface area (Å²) in [5.74, 6) is 2.68. The number of hydrogen-bond acceptors (Lipinski definition) is 5. The van der Waals surface area contributed by atoms with E-state index in [1.54, 1.807) is 7.11 Å². The number of fused-ring (bicyclic) bond motifs is 1. The molecule has 1 N–H and O–H groups in total. The summed E-state index contributed by atoms with van der Waals surface area (Å²) in [5, 5.41) is 3.74. The average Bonchev–Trinajstić information content (AvgIpc) is 2.77. The highest BCUT2D eigenvalue weighted by molar-refractivity contribution is 5.49. The van der Waals surface area contributed by atoms with Gasteiger partial charge >= 0.3 is 0 Å². The van der Waals surface area contributed by atoms with Crippen molar-refractivity contribution in [3.63, 3.8) is 0 Å². The normalized spacial score (nSPS) is 16.8. The second-order valence-corrected chi connectivity index (χ2v) is 7.50. The van der Waals surface area contributed by atoms with Crippen LogP contribution >= 0.6 is 0 Å². The zero-order valence-corrected chi connectivity index (χ0v) is 16.7. The molecule has 2 heterocycles. The molecule has 5 nitrogen and oxygen atoms in total. The Bertz CT molecular complexity index is 755. The van der Waals surface area contributed by atoms with Crippen molar-refractivity contribution in [1.82, 2.24) is 5.32 Å². The molecule has 0 radical (unpaired) electrons. The fraction of sp³-hybridized carbons (Fsp3) is 0.478. The Labute approximate surface area is 167 Å². The van der Waals surface area contributed by atoms with Gasteiger partial charge in [0.25, 0.3) is 0 Å². The van der Waals surface area contributed by atoms with Crippen LogP contribution in [0.2, 0.25) is 0 Å². The summed E-state index contributed by atoms with van der Waals surface area (Å²) < 4.78 is 16.5. The lowest BCUT2D eigenvalue weighted by molar-refractivity contribution is 0.171. The summed E-state index contributed by atoms with van der Waals surface area (Å²) in [7, 11) is 1.71. The van der Waals surface area contributed by atoms with Crippen LogP contribution < -0.4 is 24.4 Å². The Morgan fingerprint density at radius 3 is 2.50 bits per heavy atom. The second kappa shape index (κ2) is 9.20. The van der Waals surface area contributed by atoms with E-state index in [2.05, 4.69) is 34.5 Å². The molecule has 0 aromatic heterocycles. The number of benzene rings is 2. The Morgan fingerprint density at radius 2 is 1.75 bits per heavy atom. The molecule has 0 saturated carbocycles. The summed E-state index contributed by atoms with van der Waals surface area (Å²) in [6, 6.07) is 15.3. The molecule has 0 amide bonds. The van der Waals surface area contributed by atoms with E-state index in [0.717, 1.165) is 49.7 Å². The maximum absolute atomic E-state index is 5.67. The smallest absolute Gasteiger partial charge is 0.161 e. The Morgan fingerprint density at radius 1 is 1.00 bits per heavy atom. The molecule has 0 unspecified atom stereocenters. The third-order valence-corrected chi connectivity index (χ3v) is 5.61. The predicted molar refractivity (Wildman–Crippen MR) is 112 cm³/mol. The molecule has 1 fully saturated rings. The fourth-order valence-corrected chi connectivity index (χ4v) is 3.98. The molecule has 28 heavy (non-hydrogen) atoms. The number of anilines is 1. The van der Waals surface area contributed by atoms with Crippen molar-refractivity contribution in [2.75, 3.05) is 44.9 Å². The fourth-order valence-electron chi connectivity index (χ4n) is 3.98. The quantitative estimate of drug-likeness (QED) is 0.741. The first-order valence-electron chi connectivity index (χ1n) is 10.3. The van der Waals surface area contributed by atoms with Crippen molar-refractivity contribution in [3.8, 4) is 17.2 Å². The van der Waals surface area contributed by atoms with E-state index in [-0.39, 0.29) is 0 Å². The zero-order chi connectivity index (χ0) is 19.2. The standard InChI is InChI=1S/C23H30N2O3/c1-26-21-7-5-20(6-8-21)25-13-10-19(11-14-25)24-12-2-3-18-4-9-22-23(17-18)28-16-15-27-22/h4-9,17,19,24H,2-3,10-16H2,1H3. The maximum atomic E-state index is 5.67. The monoisotopic (exact) mass is 382 g/mol. The van der Waals surface area contributed by atoms with E-state index in [4.69, 9.17) is 14.2 Å². The van der Waals surface area contributed by atoms with Crippen molar-refractivity contribution >= 4 is 5.69 Å². The molecule has 2 aromatic carbocycles.